The van der Waals surface area contributed by atoms with Crippen LogP contribution in [-0.4, -0.2) is 69.3 Å². The summed E-state index contributed by atoms with van der Waals surface area (Å²) in [5.74, 6) is 0.550. The first-order chi connectivity index (χ1) is 8.23. The first kappa shape index (κ1) is 15.9. The van der Waals surface area contributed by atoms with Crippen LogP contribution in [0.1, 0.15) is 20.8 Å². The average Bonchev–Trinajstić information content (AvgIpc) is 2.27. The maximum absolute atomic E-state index is 11.5. The van der Waals surface area contributed by atoms with Gasteiger partial charge in [0.05, 0.1) is 19.5 Å². The van der Waals surface area contributed by atoms with Crippen LogP contribution in [-0.2, 0) is 14.8 Å². The Kier molecular flexibility index (Phi) is 5.58. The van der Waals surface area contributed by atoms with Gasteiger partial charge >= 0.3 is 0 Å². The molecule has 1 aliphatic rings. The van der Waals surface area contributed by atoms with Gasteiger partial charge in [0, 0.05) is 32.2 Å². The lowest BCUT2D eigenvalue weighted by Crippen LogP contribution is -2.55. The summed E-state index contributed by atoms with van der Waals surface area (Å²) in [5, 5.41) is 0. The van der Waals surface area contributed by atoms with Gasteiger partial charge in [-0.3, -0.25) is 4.90 Å². The Morgan fingerprint density at radius 1 is 1.39 bits per heavy atom. The summed E-state index contributed by atoms with van der Waals surface area (Å²) >= 11 is 0. The van der Waals surface area contributed by atoms with Crippen LogP contribution in [0.15, 0.2) is 0 Å². The van der Waals surface area contributed by atoms with Crippen molar-refractivity contribution < 1.29 is 13.2 Å². The normalized spacial score (nSPS) is 24.7. The second-order valence-corrected chi connectivity index (χ2v) is 7.58. The van der Waals surface area contributed by atoms with Gasteiger partial charge in [-0.15, -0.1) is 0 Å². The van der Waals surface area contributed by atoms with Crippen molar-refractivity contribution >= 4 is 10.0 Å². The summed E-state index contributed by atoms with van der Waals surface area (Å²) in [7, 11) is -1.49. The molecule has 5 nitrogen and oxygen atoms in total. The van der Waals surface area contributed by atoms with Crippen molar-refractivity contribution in [3.8, 4) is 0 Å². The maximum atomic E-state index is 11.5. The fraction of sp³-hybridized carbons (Fsp3) is 1.00. The molecule has 0 spiro atoms. The highest BCUT2D eigenvalue weighted by atomic mass is 32.2. The molecule has 2 atom stereocenters. The van der Waals surface area contributed by atoms with E-state index in [1.165, 1.54) is 10.6 Å². The quantitative estimate of drug-likeness (QED) is 0.740. The minimum absolute atomic E-state index is 0.149. The van der Waals surface area contributed by atoms with Crippen molar-refractivity contribution in [2.45, 2.75) is 32.9 Å². The molecule has 0 amide bonds. The predicted molar refractivity (Wildman–Crippen MR) is 73.1 cm³/mol. The highest BCUT2D eigenvalue weighted by Gasteiger charge is 2.30. The van der Waals surface area contributed by atoms with E-state index in [9.17, 15) is 8.42 Å². The fourth-order valence-corrected chi connectivity index (χ4v) is 2.62. The van der Waals surface area contributed by atoms with Gasteiger partial charge in [0.15, 0.2) is 0 Å². The molecule has 0 bridgehead atoms. The molecule has 1 heterocycles. The molecule has 6 heteroatoms. The molecule has 0 saturated carbocycles. The van der Waals surface area contributed by atoms with E-state index < -0.39 is 10.0 Å². The first-order valence-corrected chi connectivity index (χ1v) is 8.33. The molecular weight excluding hydrogens is 252 g/mol. The van der Waals surface area contributed by atoms with Crippen LogP contribution in [0, 0.1) is 5.92 Å². The highest BCUT2D eigenvalue weighted by molar-refractivity contribution is 7.88. The number of rotatable bonds is 5. The van der Waals surface area contributed by atoms with E-state index in [0.717, 1.165) is 13.2 Å². The summed E-state index contributed by atoms with van der Waals surface area (Å²) in [6, 6.07) is 0.586. The molecule has 0 N–H and O–H groups in total. The van der Waals surface area contributed by atoms with E-state index in [4.69, 9.17) is 4.74 Å². The van der Waals surface area contributed by atoms with Crippen LogP contribution in [0.5, 0.6) is 0 Å². The fourth-order valence-electron chi connectivity index (χ4n) is 2.18. The van der Waals surface area contributed by atoms with Crippen LogP contribution in [0.4, 0.5) is 0 Å². The lowest BCUT2D eigenvalue weighted by Gasteiger charge is -2.42. The van der Waals surface area contributed by atoms with Crippen LogP contribution in [0.2, 0.25) is 0 Å². The van der Waals surface area contributed by atoms with Crippen LogP contribution >= 0.6 is 0 Å². The largest absolute Gasteiger partial charge is 0.378 e. The SMILES string of the molecule is CC(C)C(C)N1CCOCC1CN(C)S(C)(=O)=O. The third kappa shape index (κ3) is 4.19. The third-order valence-electron chi connectivity index (χ3n) is 3.80. The molecule has 1 rings (SSSR count). The Balaban J connectivity index is 2.71. The van der Waals surface area contributed by atoms with E-state index >= 15 is 0 Å². The van der Waals surface area contributed by atoms with Gasteiger partial charge in [0.25, 0.3) is 0 Å². The summed E-state index contributed by atoms with van der Waals surface area (Å²) in [6.45, 7) is 9.29. The minimum Gasteiger partial charge on any atom is -0.378 e. The minimum atomic E-state index is -3.12. The monoisotopic (exact) mass is 278 g/mol. The van der Waals surface area contributed by atoms with Crippen LogP contribution in [0.3, 0.4) is 0 Å². The van der Waals surface area contributed by atoms with Crippen molar-refractivity contribution in [2.75, 3.05) is 39.6 Å². The highest BCUT2D eigenvalue weighted by Crippen LogP contribution is 2.18. The van der Waals surface area contributed by atoms with Crippen LogP contribution in [0.25, 0.3) is 0 Å². The molecule has 0 aromatic carbocycles. The number of morpholine rings is 1. The number of ether oxygens (including phenoxy) is 1. The summed E-state index contributed by atoms with van der Waals surface area (Å²) < 4.78 is 29.9. The molecule has 108 valence electrons. The predicted octanol–water partition coefficient (Wildman–Crippen LogP) is 0.623. The Hall–Kier alpha value is -0.170. The Morgan fingerprint density at radius 2 is 2.00 bits per heavy atom. The molecule has 2 unspecified atom stereocenters. The zero-order chi connectivity index (χ0) is 13.9. The van der Waals surface area contributed by atoms with Crippen LogP contribution < -0.4 is 0 Å². The van der Waals surface area contributed by atoms with Gasteiger partial charge in [-0.25, -0.2) is 12.7 Å². The molecule has 0 aromatic rings. The molecule has 1 saturated heterocycles. The van der Waals surface area contributed by atoms with Gasteiger partial charge in [-0.05, 0) is 12.8 Å². The van der Waals surface area contributed by atoms with Crippen molar-refractivity contribution in [3.63, 3.8) is 0 Å². The Morgan fingerprint density at radius 3 is 2.50 bits per heavy atom. The van der Waals surface area contributed by atoms with Gasteiger partial charge in [-0.1, -0.05) is 13.8 Å². The molecule has 0 aliphatic carbocycles. The van der Waals surface area contributed by atoms with E-state index in [1.807, 2.05) is 0 Å². The topological polar surface area (TPSA) is 49.9 Å². The number of nitrogens with zero attached hydrogens (tertiary/aromatic N) is 2. The van der Waals surface area contributed by atoms with Crippen molar-refractivity contribution in [1.82, 2.24) is 9.21 Å². The molecule has 18 heavy (non-hydrogen) atoms. The zero-order valence-electron chi connectivity index (χ0n) is 12.1. The number of hydrogen-bond donors (Lipinski definition) is 0. The van der Waals surface area contributed by atoms with Gasteiger partial charge < -0.3 is 4.74 Å². The second-order valence-electron chi connectivity index (χ2n) is 5.49. The third-order valence-corrected chi connectivity index (χ3v) is 5.08. The van der Waals surface area contributed by atoms with Gasteiger partial charge in [-0.2, -0.15) is 0 Å². The molecule has 1 aliphatic heterocycles. The maximum Gasteiger partial charge on any atom is 0.211 e. The first-order valence-electron chi connectivity index (χ1n) is 6.48. The van der Waals surface area contributed by atoms with Gasteiger partial charge in [0.2, 0.25) is 10.0 Å². The van der Waals surface area contributed by atoms with Gasteiger partial charge in [0.1, 0.15) is 0 Å². The molecule has 1 fully saturated rings. The van der Waals surface area contributed by atoms with Crippen molar-refractivity contribution in [3.05, 3.63) is 0 Å². The van der Waals surface area contributed by atoms with Crippen molar-refractivity contribution in [1.29, 1.82) is 0 Å². The zero-order valence-corrected chi connectivity index (χ0v) is 12.9. The molecule has 0 aromatic heterocycles. The number of likely N-dealkylation sites (N-methyl/N-ethyl adjacent to an activating group) is 1. The lowest BCUT2D eigenvalue weighted by molar-refractivity contribution is -0.0376. The summed E-state index contributed by atoms with van der Waals surface area (Å²) in [4.78, 5) is 2.37. The smallest absolute Gasteiger partial charge is 0.211 e. The van der Waals surface area contributed by atoms with E-state index in [0.29, 0.717) is 25.1 Å². The summed E-state index contributed by atoms with van der Waals surface area (Å²) in [6.07, 6.45) is 1.24. The second kappa shape index (κ2) is 6.32. The van der Waals surface area contributed by atoms with Crippen molar-refractivity contribution in [2.24, 2.45) is 5.92 Å². The lowest BCUT2D eigenvalue weighted by atomic mass is 10.0. The van der Waals surface area contributed by atoms with E-state index in [1.54, 1.807) is 7.05 Å². The summed E-state index contributed by atoms with van der Waals surface area (Å²) in [5.41, 5.74) is 0. The van der Waals surface area contributed by atoms with E-state index in [-0.39, 0.29) is 6.04 Å². The standard InChI is InChI=1S/C12H26N2O3S/c1-10(2)11(3)14-6-7-17-9-12(14)8-13(4)18(5,15)16/h10-12H,6-9H2,1-5H3. The Bertz CT molecular complexity index is 356. The van der Waals surface area contributed by atoms with E-state index in [2.05, 4.69) is 25.7 Å². The Labute approximate surface area is 111 Å². The number of sulfonamides is 1. The molecular formula is C12H26N2O3S. The molecule has 0 radical (unpaired) electrons. The number of hydrogen-bond acceptors (Lipinski definition) is 4. The average molecular weight is 278 g/mol.